The Morgan fingerprint density at radius 3 is 1.57 bits per heavy atom. The van der Waals surface area contributed by atoms with Gasteiger partial charge in [-0.25, -0.2) is 42.5 Å². The molecule has 0 unspecified atom stereocenters. The molecule has 400 valence electrons. The van der Waals surface area contributed by atoms with Gasteiger partial charge in [-0.2, -0.15) is 0 Å². The molecule has 4 saturated heterocycles. The van der Waals surface area contributed by atoms with E-state index >= 15 is 0 Å². The van der Waals surface area contributed by atoms with Crippen LogP contribution in [0.5, 0.6) is 0 Å². The summed E-state index contributed by atoms with van der Waals surface area (Å²) in [7, 11) is 0. The van der Waals surface area contributed by atoms with Gasteiger partial charge < -0.3 is 46.0 Å². The Balaban J connectivity index is 0.000000166. The number of fused-ring (bicyclic) bond motifs is 2. The Morgan fingerprint density at radius 1 is 0.623 bits per heavy atom. The summed E-state index contributed by atoms with van der Waals surface area (Å²) in [5.74, 6) is 3.12. The van der Waals surface area contributed by atoms with Crippen LogP contribution in [0.15, 0.2) is 122 Å². The molecule has 0 aliphatic carbocycles. The minimum atomic E-state index is -0.504. The summed E-state index contributed by atoms with van der Waals surface area (Å²) in [6.45, 7) is 13.4. The van der Waals surface area contributed by atoms with Crippen molar-refractivity contribution in [3.05, 3.63) is 144 Å². The van der Waals surface area contributed by atoms with Gasteiger partial charge in [0.1, 0.15) is 51.9 Å². The number of anilines is 4. The van der Waals surface area contributed by atoms with E-state index in [0.717, 1.165) is 140 Å². The van der Waals surface area contributed by atoms with E-state index in [0.29, 0.717) is 31.7 Å². The highest BCUT2D eigenvalue weighted by Crippen LogP contribution is 2.38. The van der Waals surface area contributed by atoms with Gasteiger partial charge in [-0.3, -0.25) is 0 Å². The molecule has 10 heterocycles. The van der Waals surface area contributed by atoms with Crippen molar-refractivity contribution in [3.63, 3.8) is 0 Å². The number of amides is 1. The Morgan fingerprint density at radius 2 is 1.10 bits per heavy atom. The summed E-state index contributed by atoms with van der Waals surface area (Å²) in [6, 6.07) is 34.7. The number of nitrogens with one attached hydrogen (secondary N) is 3. The van der Waals surface area contributed by atoms with Gasteiger partial charge in [0.05, 0.1) is 35.9 Å². The van der Waals surface area contributed by atoms with E-state index in [2.05, 4.69) is 45.5 Å². The summed E-state index contributed by atoms with van der Waals surface area (Å²) in [6.07, 6.45) is 7.22. The van der Waals surface area contributed by atoms with Gasteiger partial charge in [-0.15, -0.1) is 10.2 Å². The van der Waals surface area contributed by atoms with Crippen molar-refractivity contribution in [1.29, 1.82) is 0 Å². The Bertz CT molecular complexity index is 3330. The van der Waals surface area contributed by atoms with Crippen LogP contribution in [0.1, 0.15) is 69.7 Å². The molecule has 5 N–H and O–H groups in total. The van der Waals surface area contributed by atoms with Crippen LogP contribution in [0.3, 0.4) is 0 Å². The molecule has 18 nitrogen and oxygen atoms in total. The molecule has 0 bridgehead atoms. The van der Waals surface area contributed by atoms with Gasteiger partial charge in [0, 0.05) is 77.5 Å². The van der Waals surface area contributed by atoms with Crippen LogP contribution in [0.25, 0.3) is 34.1 Å². The third-order valence-electron chi connectivity index (χ3n) is 14.5. The molecular weight excluding hydrogens is 979 g/mol. The third-order valence-corrected chi connectivity index (χ3v) is 14.5. The lowest BCUT2D eigenvalue weighted by Crippen LogP contribution is -2.59. The van der Waals surface area contributed by atoms with Crippen LogP contribution in [0.2, 0.25) is 0 Å². The maximum Gasteiger partial charge on any atom is 0.407 e. The van der Waals surface area contributed by atoms with Crippen molar-refractivity contribution in [2.45, 2.75) is 76.2 Å². The highest BCUT2D eigenvalue weighted by atomic mass is 19.1. The average Bonchev–Trinajstić information content (AvgIpc) is 4.30. The van der Waals surface area contributed by atoms with E-state index in [4.69, 9.17) is 30.6 Å². The fourth-order valence-corrected chi connectivity index (χ4v) is 10.7. The number of carbonyl (C=O) groups excluding carboxylic acids is 1. The van der Waals surface area contributed by atoms with Crippen LogP contribution >= 0.6 is 0 Å². The van der Waals surface area contributed by atoms with E-state index in [1.54, 1.807) is 24.3 Å². The van der Waals surface area contributed by atoms with Gasteiger partial charge in [0.15, 0.2) is 11.3 Å². The van der Waals surface area contributed by atoms with Crippen LogP contribution in [-0.4, -0.2) is 128 Å². The van der Waals surface area contributed by atoms with Gasteiger partial charge >= 0.3 is 6.09 Å². The second kappa shape index (κ2) is 22.4. The average molecular weight is 1050 g/mol. The summed E-state index contributed by atoms with van der Waals surface area (Å²) in [5.41, 5.74) is 11.9. The number of aromatic nitrogens is 8. The number of rotatable bonds is 15. The molecule has 4 aliphatic rings. The highest BCUT2D eigenvalue weighted by molar-refractivity contribution is 5.68. The predicted molar refractivity (Wildman–Crippen MR) is 295 cm³/mol. The Labute approximate surface area is 446 Å². The van der Waals surface area contributed by atoms with Crippen molar-refractivity contribution in [2.24, 2.45) is 5.73 Å². The second-order valence-electron chi connectivity index (χ2n) is 21.1. The van der Waals surface area contributed by atoms with Crippen molar-refractivity contribution < 1.29 is 18.3 Å². The molecule has 8 aromatic rings. The minimum Gasteiger partial charge on any atom is -0.444 e. The normalized spacial score (nSPS) is 17.9. The number of carbonyl (C=O) groups is 1. The zero-order valence-corrected chi connectivity index (χ0v) is 43.8. The minimum absolute atomic E-state index is 0.0835. The molecule has 20 heteroatoms. The monoisotopic (exact) mass is 1040 g/mol. The number of hydrogen-bond donors (Lipinski definition) is 4. The van der Waals surface area contributed by atoms with Crippen molar-refractivity contribution in [2.75, 3.05) is 85.0 Å². The summed E-state index contributed by atoms with van der Waals surface area (Å²) in [4.78, 5) is 39.8. The molecule has 77 heavy (non-hydrogen) atoms. The van der Waals surface area contributed by atoms with Gasteiger partial charge in [0.25, 0.3) is 0 Å². The smallest absolute Gasteiger partial charge is 0.407 e. The van der Waals surface area contributed by atoms with Gasteiger partial charge in [0.2, 0.25) is 0 Å². The summed E-state index contributed by atoms with van der Waals surface area (Å²) in [5, 5.41) is 19.6. The molecule has 4 fully saturated rings. The molecule has 6 aromatic heterocycles. The first-order valence-corrected chi connectivity index (χ1v) is 26.8. The first-order valence-electron chi connectivity index (χ1n) is 26.8. The lowest BCUT2D eigenvalue weighted by atomic mass is 10.0. The lowest BCUT2D eigenvalue weighted by Gasteiger charge is -2.40. The number of pyridine rings is 2. The van der Waals surface area contributed by atoms with E-state index in [-0.39, 0.29) is 23.7 Å². The number of nitrogens with zero attached hydrogens (tertiary/aromatic N) is 12. The first-order chi connectivity index (χ1) is 37.4. The predicted octanol–water partition coefficient (Wildman–Crippen LogP) is 7.58. The highest BCUT2D eigenvalue weighted by Gasteiger charge is 2.32. The number of hydrogen-bond acceptors (Lipinski definition) is 15. The SMILES string of the molecule is CC(C)(C)OC(=O)NCCNC1CN(c2cccc(-c3cnc4ccc(N5CCC[C@@H]5c5cccc(F)c5)nn34)n2)C1.NCCNC1CN(c2cccc(-c3cnc4ccc(N5CCC[C@@H]5c5cccc(F)c5)nn34)n2)C1. The molecule has 12 rings (SSSR count). The Kier molecular flexibility index (Phi) is 14.9. The van der Waals surface area contributed by atoms with Crippen molar-refractivity contribution in [3.8, 4) is 22.8 Å². The van der Waals surface area contributed by atoms with Crippen molar-refractivity contribution >= 4 is 40.7 Å². The molecule has 2 atom stereocenters. The standard InChI is InChI=1S/C31H37FN8O2.C26H29FN8/c1-31(2,3)42-30(41)34-15-14-33-23-19-38(20-23)28-11-5-9-24(36-28)26-18-35-27-12-13-29(37-40(26)27)39-16-6-10-25(39)21-7-4-8-22(32)17-21;27-19-5-1-4-18(14-19)22-7-3-13-34(22)26-10-9-24-30-15-23(35(24)32-26)21-6-2-8-25(31-21)33-16-20(17-33)29-12-11-28/h4-5,7-9,11-13,17-18,23,25,33H,6,10,14-16,19-20H2,1-3H3,(H,34,41);1-2,4-6,8-10,14-15,20,22,29H,3,7,11-13,16-17,28H2/t25-;22-/m11/s1. The van der Waals surface area contributed by atoms with Gasteiger partial charge in [-0.05, 0) is 130 Å². The fourth-order valence-electron chi connectivity index (χ4n) is 10.7. The van der Waals surface area contributed by atoms with E-state index in [1.807, 2.05) is 115 Å². The van der Waals surface area contributed by atoms with Crippen LogP contribution in [0, 0.1) is 11.6 Å². The fraction of sp³-hybridized carbons (Fsp3) is 0.386. The molecule has 1 amide bonds. The molecule has 0 saturated carbocycles. The molecule has 2 aromatic carbocycles. The van der Waals surface area contributed by atoms with Crippen LogP contribution in [-0.2, 0) is 4.74 Å². The zero-order chi connectivity index (χ0) is 53.0. The van der Waals surface area contributed by atoms with E-state index in [9.17, 15) is 13.6 Å². The maximum atomic E-state index is 14.0. The number of nitrogens with two attached hydrogens (primary N) is 1. The zero-order valence-electron chi connectivity index (χ0n) is 43.8. The molecule has 0 spiro atoms. The number of halogens is 2. The molecular formula is C57H66F2N16O2. The van der Waals surface area contributed by atoms with Crippen molar-refractivity contribution in [1.82, 2.24) is 55.1 Å². The number of benzene rings is 2. The lowest BCUT2D eigenvalue weighted by molar-refractivity contribution is 0.0527. The maximum absolute atomic E-state index is 14.0. The number of ether oxygens (including phenoxy) is 1. The van der Waals surface area contributed by atoms with Crippen LogP contribution in [0.4, 0.5) is 36.8 Å². The van der Waals surface area contributed by atoms with Gasteiger partial charge in [-0.1, -0.05) is 36.4 Å². The summed E-state index contributed by atoms with van der Waals surface area (Å²) < 4.78 is 36.8. The third kappa shape index (κ3) is 11.6. The second-order valence-corrected chi connectivity index (χ2v) is 21.1. The first kappa shape index (κ1) is 51.3. The van der Waals surface area contributed by atoms with E-state index in [1.165, 1.54) is 12.1 Å². The van der Waals surface area contributed by atoms with Crippen LogP contribution < -0.4 is 41.3 Å². The summed E-state index contributed by atoms with van der Waals surface area (Å²) >= 11 is 0. The van der Waals surface area contributed by atoms with E-state index < -0.39 is 11.7 Å². The number of imidazole rings is 2. The number of alkyl carbamates (subject to hydrolysis) is 1. The molecule has 4 aliphatic heterocycles. The Hall–Kier alpha value is -7.81. The molecule has 0 radical (unpaired) electrons. The topological polar surface area (TPSA) is 188 Å². The quantitative estimate of drug-likeness (QED) is 0.0736. The largest absolute Gasteiger partial charge is 0.444 e.